The van der Waals surface area contributed by atoms with Gasteiger partial charge < -0.3 is 20.3 Å². The number of nitrogens with zero attached hydrogens (tertiary/aromatic N) is 2. The van der Waals surface area contributed by atoms with Gasteiger partial charge in [0.15, 0.2) is 5.60 Å². The van der Waals surface area contributed by atoms with E-state index in [1.54, 1.807) is 6.92 Å². The molecule has 0 spiro atoms. The van der Waals surface area contributed by atoms with E-state index in [9.17, 15) is 37.1 Å². The number of ketones is 1. The molecule has 1 fully saturated rings. The molecule has 3 N–H and O–H groups in total. The average molecular weight is 497 g/mol. The summed E-state index contributed by atoms with van der Waals surface area (Å²) in [5.74, 6) is -3.35. The van der Waals surface area contributed by atoms with Crippen molar-refractivity contribution in [3.05, 3.63) is 52.1 Å². The first-order valence-electron chi connectivity index (χ1n) is 11.0. The molecule has 0 atom stereocenters. The van der Waals surface area contributed by atoms with Crippen LogP contribution in [0.3, 0.4) is 0 Å². The predicted octanol–water partition coefficient (Wildman–Crippen LogP) is 3.64. The second kappa shape index (κ2) is 9.10. The second-order valence-electron chi connectivity index (χ2n) is 9.06. The molecular formula is C24H27F4N3O4. The summed E-state index contributed by atoms with van der Waals surface area (Å²) in [4.78, 5) is 39.9. The van der Waals surface area contributed by atoms with Crippen molar-refractivity contribution >= 4 is 23.3 Å². The predicted molar refractivity (Wildman–Crippen MR) is 120 cm³/mol. The molecule has 2 aromatic rings. The van der Waals surface area contributed by atoms with E-state index < -0.39 is 54.1 Å². The molecule has 190 valence electrons. The number of anilines is 1. The summed E-state index contributed by atoms with van der Waals surface area (Å²) in [5.41, 5.74) is 3.47. The average Bonchev–Trinajstić information content (AvgIpc) is 2.99. The van der Waals surface area contributed by atoms with Gasteiger partial charge in [-0.15, -0.1) is 0 Å². The largest absolute Gasteiger partial charge is 0.417 e. The zero-order valence-corrected chi connectivity index (χ0v) is 19.8. The number of amides is 2. The van der Waals surface area contributed by atoms with E-state index >= 15 is 0 Å². The lowest BCUT2D eigenvalue weighted by atomic mass is 9.80. The van der Waals surface area contributed by atoms with Crippen molar-refractivity contribution in [2.24, 2.45) is 12.8 Å². The van der Waals surface area contributed by atoms with E-state index in [0.717, 1.165) is 11.0 Å². The fourth-order valence-corrected chi connectivity index (χ4v) is 4.77. The number of carbonyl (C=O) groups is 3. The number of rotatable bonds is 5. The summed E-state index contributed by atoms with van der Waals surface area (Å²) < 4.78 is 55.2. The number of halogens is 4. The number of aliphatic hydroxyl groups is 1. The van der Waals surface area contributed by atoms with Crippen molar-refractivity contribution in [3.8, 4) is 0 Å². The number of aromatic nitrogens is 1. The van der Waals surface area contributed by atoms with Crippen molar-refractivity contribution in [3.63, 3.8) is 0 Å². The fourth-order valence-electron chi connectivity index (χ4n) is 4.77. The number of carbonyl (C=O) groups excluding carboxylic acids is 3. The van der Waals surface area contributed by atoms with Gasteiger partial charge in [0.05, 0.1) is 11.3 Å². The summed E-state index contributed by atoms with van der Waals surface area (Å²) in [7, 11) is 1.49. The Kier molecular flexibility index (Phi) is 6.86. The Labute approximate surface area is 199 Å². The van der Waals surface area contributed by atoms with Crippen LogP contribution in [-0.4, -0.2) is 45.1 Å². The Morgan fingerprint density at radius 3 is 2.17 bits per heavy atom. The van der Waals surface area contributed by atoms with Crippen molar-refractivity contribution < 1.29 is 37.1 Å². The van der Waals surface area contributed by atoms with Crippen molar-refractivity contribution in [2.45, 2.75) is 64.3 Å². The summed E-state index contributed by atoms with van der Waals surface area (Å²) in [6.07, 6.45) is -6.62. The van der Waals surface area contributed by atoms with E-state index in [4.69, 9.17) is 5.73 Å². The van der Waals surface area contributed by atoms with Gasteiger partial charge in [0.2, 0.25) is 0 Å². The Balaban J connectivity index is 2.05. The number of nitrogens with two attached hydrogens (primary N) is 1. The first-order valence-corrected chi connectivity index (χ1v) is 11.0. The highest BCUT2D eigenvalue weighted by molar-refractivity contribution is 6.47. The minimum Gasteiger partial charge on any atom is -0.380 e. The number of aryl methyl sites for hydroxylation is 1. The molecule has 0 radical (unpaired) electrons. The first-order chi connectivity index (χ1) is 16.1. The molecule has 1 aliphatic carbocycles. The third-order valence-corrected chi connectivity index (χ3v) is 6.90. The van der Waals surface area contributed by atoms with Crippen LogP contribution < -0.4 is 10.6 Å². The Hall–Kier alpha value is -3.21. The third kappa shape index (κ3) is 4.56. The highest BCUT2D eigenvalue weighted by Gasteiger charge is 2.55. The molecule has 1 aromatic carbocycles. The topological polar surface area (TPSA) is 106 Å². The van der Waals surface area contributed by atoms with Gasteiger partial charge in [-0.2, -0.15) is 13.2 Å². The van der Waals surface area contributed by atoms with Crippen LogP contribution in [0.1, 0.15) is 63.4 Å². The van der Waals surface area contributed by atoms with Crippen LogP contribution in [0, 0.1) is 26.6 Å². The van der Waals surface area contributed by atoms with Crippen LogP contribution in [0.5, 0.6) is 0 Å². The van der Waals surface area contributed by atoms with Crippen LogP contribution in [-0.2, 0) is 11.8 Å². The molecular weight excluding hydrogens is 470 g/mol. The molecule has 35 heavy (non-hydrogen) atoms. The molecule has 0 saturated heterocycles. The number of primary amides is 1. The monoisotopic (exact) mass is 497 g/mol. The number of alkyl halides is 3. The summed E-state index contributed by atoms with van der Waals surface area (Å²) >= 11 is 0. The van der Waals surface area contributed by atoms with E-state index in [1.807, 2.05) is 0 Å². The Bertz CT molecular complexity index is 1190. The van der Waals surface area contributed by atoms with E-state index in [1.165, 1.54) is 37.6 Å². The van der Waals surface area contributed by atoms with Gasteiger partial charge in [-0.05, 0) is 75.8 Å². The molecule has 7 nitrogen and oxygen atoms in total. The number of hydrogen-bond donors (Lipinski definition) is 2. The summed E-state index contributed by atoms with van der Waals surface area (Å²) in [6, 6.07) is 2.86. The van der Waals surface area contributed by atoms with Gasteiger partial charge in [-0.25, -0.2) is 4.39 Å². The quantitative estimate of drug-likeness (QED) is 0.374. The van der Waals surface area contributed by atoms with Crippen molar-refractivity contribution in [2.75, 3.05) is 4.90 Å². The van der Waals surface area contributed by atoms with Crippen molar-refractivity contribution in [1.29, 1.82) is 0 Å². The van der Waals surface area contributed by atoms with Crippen LogP contribution in [0.2, 0.25) is 0 Å². The molecule has 1 aromatic heterocycles. The Morgan fingerprint density at radius 2 is 1.71 bits per heavy atom. The smallest absolute Gasteiger partial charge is 0.380 e. The van der Waals surface area contributed by atoms with Gasteiger partial charge in [0.25, 0.3) is 11.7 Å². The van der Waals surface area contributed by atoms with Gasteiger partial charge >= 0.3 is 12.1 Å². The normalized spacial score (nSPS) is 20.5. The van der Waals surface area contributed by atoms with Crippen LogP contribution >= 0.6 is 0 Å². The lowest BCUT2D eigenvalue weighted by Crippen LogP contribution is -2.53. The first kappa shape index (κ1) is 26.4. The fraction of sp³-hybridized carbons (Fsp3) is 0.458. The highest BCUT2D eigenvalue weighted by Crippen LogP contribution is 2.43. The number of benzene rings is 1. The second-order valence-corrected chi connectivity index (χ2v) is 9.06. The van der Waals surface area contributed by atoms with Crippen LogP contribution in [0.25, 0.3) is 0 Å². The summed E-state index contributed by atoms with van der Waals surface area (Å²) in [5, 5.41) is 10.1. The van der Waals surface area contributed by atoms with Crippen molar-refractivity contribution in [1.82, 2.24) is 4.57 Å². The lowest BCUT2D eigenvalue weighted by molar-refractivity contribution is -0.270. The molecule has 3 rings (SSSR count). The van der Waals surface area contributed by atoms with E-state index in [2.05, 4.69) is 0 Å². The van der Waals surface area contributed by atoms with Crippen LogP contribution in [0.15, 0.2) is 18.2 Å². The zero-order valence-electron chi connectivity index (χ0n) is 19.8. The van der Waals surface area contributed by atoms with Gasteiger partial charge in [0.1, 0.15) is 5.82 Å². The van der Waals surface area contributed by atoms with Gasteiger partial charge in [0, 0.05) is 24.5 Å². The molecule has 1 aliphatic rings. The zero-order chi connectivity index (χ0) is 26.5. The molecule has 0 aliphatic heterocycles. The minimum atomic E-state index is -4.84. The summed E-state index contributed by atoms with van der Waals surface area (Å²) in [6.45, 7) is 4.50. The van der Waals surface area contributed by atoms with E-state index in [-0.39, 0.29) is 40.9 Å². The van der Waals surface area contributed by atoms with Gasteiger partial charge in [-0.3, -0.25) is 14.4 Å². The minimum absolute atomic E-state index is 0.0762. The number of hydrogen-bond acceptors (Lipinski definition) is 4. The number of Topliss-reactive ketones (excluding diaryl/α,β-unsaturated/α-hetero) is 1. The van der Waals surface area contributed by atoms with E-state index in [0.29, 0.717) is 5.69 Å². The maximum Gasteiger partial charge on any atom is 0.417 e. The Morgan fingerprint density at radius 1 is 1.14 bits per heavy atom. The molecule has 11 heteroatoms. The molecule has 0 unspecified atom stereocenters. The maximum absolute atomic E-state index is 13.9. The van der Waals surface area contributed by atoms with Crippen LogP contribution in [0.4, 0.5) is 23.2 Å². The maximum atomic E-state index is 13.9. The molecule has 2 amide bonds. The third-order valence-electron chi connectivity index (χ3n) is 6.90. The SMILES string of the molecule is Cc1cc(N(C(=O)C(=O)c2c(C)c(C(N)=O)c(C)n2C)C2CCC(O)(C(F)(F)F)CC2)ccc1F. The highest BCUT2D eigenvalue weighted by atomic mass is 19.4. The molecule has 0 bridgehead atoms. The lowest BCUT2D eigenvalue weighted by Gasteiger charge is -2.41. The molecule has 1 saturated carbocycles. The standard InChI is InChI=1S/C24H27F4N3O4/c1-12-11-16(5-6-17(12)25)31(15-7-9-23(35,10-8-15)24(26,27)28)22(34)20(32)19-13(2)18(21(29)33)14(3)30(19)4/h5-6,11,15,35H,7-10H2,1-4H3,(H2,29,33). The molecule has 1 heterocycles. The van der Waals surface area contributed by atoms with Gasteiger partial charge in [-0.1, -0.05) is 0 Å².